The average Bonchev–Trinajstić information content (AvgIpc) is 2.76. The van der Waals surface area contributed by atoms with Crippen molar-refractivity contribution in [2.24, 2.45) is 0 Å². The third-order valence-electron chi connectivity index (χ3n) is 2.76. The normalized spacial score (nSPS) is 13.8. The van der Waals surface area contributed by atoms with Crippen molar-refractivity contribution < 1.29 is 13.5 Å². The highest BCUT2D eigenvalue weighted by molar-refractivity contribution is 7.91. The molecule has 0 spiro atoms. The molecule has 5 nitrogen and oxygen atoms in total. The highest BCUT2D eigenvalue weighted by Gasteiger charge is 2.14. The molecule has 1 rings (SSSR count). The zero-order valence-electron chi connectivity index (χ0n) is 10.3. The Hall–Kier alpha value is -0.880. The summed E-state index contributed by atoms with van der Waals surface area (Å²) < 4.78 is 24.3. The van der Waals surface area contributed by atoms with Crippen LogP contribution in [0.2, 0.25) is 0 Å². The van der Waals surface area contributed by atoms with E-state index in [4.69, 9.17) is 0 Å². The summed E-state index contributed by atoms with van der Waals surface area (Å²) in [6.07, 6.45) is 1.94. The van der Waals surface area contributed by atoms with Gasteiger partial charge in [0, 0.05) is 18.5 Å². The molecule has 0 aromatic carbocycles. The fraction of sp³-hybridized carbons (Fsp3) is 0.727. The molecule has 0 aliphatic rings. The first-order valence-electron chi connectivity index (χ1n) is 5.90. The fourth-order valence-electron chi connectivity index (χ4n) is 1.68. The number of hydrogen-bond acceptors (Lipinski definition) is 4. The average molecular weight is 260 g/mol. The molecule has 0 saturated carbocycles. The molecule has 1 heterocycles. The van der Waals surface area contributed by atoms with Gasteiger partial charge in [0.2, 0.25) is 0 Å². The van der Waals surface area contributed by atoms with Crippen LogP contribution < -0.4 is 0 Å². The maximum absolute atomic E-state index is 11.3. The number of aliphatic hydroxyl groups is 1. The van der Waals surface area contributed by atoms with Crippen LogP contribution in [0, 0.1) is 0 Å². The quantitative estimate of drug-likeness (QED) is 0.798. The molecule has 0 saturated heterocycles. The molecule has 1 aromatic rings. The van der Waals surface area contributed by atoms with E-state index in [1.807, 2.05) is 6.92 Å². The lowest BCUT2D eigenvalue weighted by Crippen LogP contribution is -2.12. The predicted octanol–water partition coefficient (Wildman–Crippen LogP) is 1.15. The number of sulfone groups is 1. The van der Waals surface area contributed by atoms with Crippen LogP contribution in [-0.2, 0) is 16.4 Å². The first kappa shape index (κ1) is 14.2. The second-order valence-electron chi connectivity index (χ2n) is 3.97. The van der Waals surface area contributed by atoms with Gasteiger partial charge in [-0.1, -0.05) is 6.92 Å². The molecular weight excluding hydrogens is 240 g/mol. The lowest BCUT2D eigenvalue weighted by atomic mass is 10.1. The number of aromatic nitrogens is 2. The molecular formula is C11H20N2O3S. The van der Waals surface area contributed by atoms with Crippen LogP contribution in [0.5, 0.6) is 0 Å². The molecule has 0 aliphatic carbocycles. The minimum Gasteiger partial charge on any atom is -0.387 e. The van der Waals surface area contributed by atoms with Crippen LogP contribution in [0.25, 0.3) is 0 Å². The van der Waals surface area contributed by atoms with Gasteiger partial charge in [0.15, 0.2) is 0 Å². The Morgan fingerprint density at radius 3 is 2.76 bits per heavy atom. The van der Waals surface area contributed by atoms with E-state index in [2.05, 4.69) is 5.10 Å². The van der Waals surface area contributed by atoms with Crippen molar-refractivity contribution in [1.82, 2.24) is 9.78 Å². The van der Waals surface area contributed by atoms with Gasteiger partial charge in [-0.25, -0.2) is 8.42 Å². The molecule has 0 amide bonds. The Bertz CT molecular complexity index is 439. The first-order valence-corrected chi connectivity index (χ1v) is 7.72. The molecule has 0 fully saturated rings. The number of aryl methyl sites for hydroxylation is 1. The third kappa shape index (κ3) is 4.12. The Morgan fingerprint density at radius 1 is 1.47 bits per heavy atom. The largest absolute Gasteiger partial charge is 0.387 e. The summed E-state index contributed by atoms with van der Waals surface area (Å²) in [6, 6.07) is 1.77. The molecule has 1 atom stereocenters. The van der Waals surface area contributed by atoms with Gasteiger partial charge >= 0.3 is 0 Å². The lowest BCUT2D eigenvalue weighted by molar-refractivity contribution is 0.156. The van der Waals surface area contributed by atoms with Gasteiger partial charge in [-0.3, -0.25) is 4.68 Å². The molecule has 17 heavy (non-hydrogen) atoms. The Labute approximate surface area is 102 Å². The highest BCUT2D eigenvalue weighted by Crippen LogP contribution is 2.18. The zero-order valence-corrected chi connectivity index (χ0v) is 11.2. The highest BCUT2D eigenvalue weighted by atomic mass is 32.2. The van der Waals surface area contributed by atoms with Crippen LogP contribution in [-0.4, -0.2) is 34.8 Å². The van der Waals surface area contributed by atoms with Gasteiger partial charge in [-0.15, -0.1) is 0 Å². The van der Waals surface area contributed by atoms with Crippen LogP contribution >= 0.6 is 0 Å². The summed E-state index contributed by atoms with van der Waals surface area (Å²) in [7, 11) is -2.93. The van der Waals surface area contributed by atoms with Gasteiger partial charge < -0.3 is 5.11 Å². The fourth-order valence-corrected chi connectivity index (χ4v) is 2.57. The molecule has 98 valence electrons. The molecule has 1 N–H and O–H groups in total. The monoisotopic (exact) mass is 260 g/mol. The van der Waals surface area contributed by atoms with Crippen LogP contribution in [0.1, 0.15) is 38.5 Å². The Balaban J connectivity index is 2.48. The molecule has 0 radical (unpaired) electrons. The smallest absolute Gasteiger partial charge is 0.150 e. The second kappa shape index (κ2) is 6.16. The minimum absolute atomic E-state index is 0.140. The van der Waals surface area contributed by atoms with Gasteiger partial charge in [-0.05, 0) is 25.8 Å². The van der Waals surface area contributed by atoms with Crippen LogP contribution in [0.4, 0.5) is 0 Å². The summed E-state index contributed by atoms with van der Waals surface area (Å²) in [5, 5.41) is 14.0. The van der Waals surface area contributed by atoms with Crippen molar-refractivity contribution in [1.29, 1.82) is 0 Å². The standard InChI is InChI=1S/C11H20N2O3S/c1-3-13-10(7-8-12-13)11(14)6-5-9-17(15,16)4-2/h7-8,11,14H,3-6,9H2,1-2H3. The van der Waals surface area contributed by atoms with Crippen LogP contribution in [0.3, 0.4) is 0 Å². The van der Waals surface area contributed by atoms with Gasteiger partial charge in [0.25, 0.3) is 0 Å². The van der Waals surface area contributed by atoms with E-state index in [9.17, 15) is 13.5 Å². The molecule has 1 unspecified atom stereocenters. The zero-order chi connectivity index (χ0) is 12.9. The van der Waals surface area contributed by atoms with Crippen molar-refractivity contribution in [2.45, 2.75) is 39.3 Å². The Kier molecular flexibility index (Phi) is 5.14. The second-order valence-corrected chi connectivity index (χ2v) is 6.44. The van der Waals surface area contributed by atoms with Crippen molar-refractivity contribution in [3.8, 4) is 0 Å². The summed E-state index contributed by atoms with van der Waals surface area (Å²) in [4.78, 5) is 0. The summed E-state index contributed by atoms with van der Waals surface area (Å²) in [6.45, 7) is 4.29. The Morgan fingerprint density at radius 2 is 2.18 bits per heavy atom. The van der Waals surface area contributed by atoms with E-state index in [1.54, 1.807) is 23.9 Å². The first-order chi connectivity index (χ1) is 8.00. The number of hydrogen-bond donors (Lipinski definition) is 1. The maximum atomic E-state index is 11.3. The summed E-state index contributed by atoms with van der Waals surface area (Å²) in [5.41, 5.74) is 0.751. The van der Waals surface area contributed by atoms with E-state index < -0.39 is 15.9 Å². The van der Waals surface area contributed by atoms with Crippen molar-refractivity contribution in [2.75, 3.05) is 11.5 Å². The molecule has 0 aliphatic heterocycles. The van der Waals surface area contributed by atoms with Crippen molar-refractivity contribution >= 4 is 9.84 Å². The van der Waals surface area contributed by atoms with Gasteiger partial charge in [0.05, 0.1) is 17.6 Å². The van der Waals surface area contributed by atoms with Crippen molar-refractivity contribution in [3.63, 3.8) is 0 Å². The van der Waals surface area contributed by atoms with Gasteiger partial charge in [-0.2, -0.15) is 5.10 Å². The predicted molar refractivity (Wildman–Crippen MR) is 66.4 cm³/mol. The van der Waals surface area contributed by atoms with E-state index >= 15 is 0 Å². The molecule has 1 aromatic heterocycles. The lowest BCUT2D eigenvalue weighted by Gasteiger charge is -2.12. The summed E-state index contributed by atoms with van der Waals surface area (Å²) in [5.74, 6) is 0.302. The van der Waals surface area contributed by atoms with Crippen LogP contribution in [0.15, 0.2) is 12.3 Å². The van der Waals surface area contributed by atoms with E-state index in [0.717, 1.165) is 5.69 Å². The minimum atomic E-state index is -2.93. The number of rotatable bonds is 7. The van der Waals surface area contributed by atoms with Crippen molar-refractivity contribution in [3.05, 3.63) is 18.0 Å². The number of nitrogens with zero attached hydrogens (tertiary/aromatic N) is 2. The summed E-state index contributed by atoms with van der Waals surface area (Å²) >= 11 is 0. The third-order valence-corrected chi connectivity index (χ3v) is 4.55. The van der Waals surface area contributed by atoms with E-state index in [0.29, 0.717) is 19.4 Å². The molecule has 0 bridgehead atoms. The SMILES string of the molecule is CCn1nccc1C(O)CCCS(=O)(=O)CC. The van der Waals surface area contributed by atoms with E-state index in [1.165, 1.54) is 0 Å². The van der Waals surface area contributed by atoms with Gasteiger partial charge in [0.1, 0.15) is 9.84 Å². The maximum Gasteiger partial charge on any atom is 0.150 e. The number of aliphatic hydroxyl groups excluding tert-OH is 1. The molecule has 6 heteroatoms. The topological polar surface area (TPSA) is 72.2 Å². The van der Waals surface area contributed by atoms with E-state index in [-0.39, 0.29) is 11.5 Å².